The van der Waals surface area contributed by atoms with Crippen molar-refractivity contribution in [1.29, 1.82) is 0 Å². The Hall–Kier alpha value is -1.13. The fourth-order valence-electron chi connectivity index (χ4n) is 1.93. The lowest BCUT2D eigenvalue weighted by atomic mass is 10.1. The second kappa shape index (κ2) is 5.02. The van der Waals surface area contributed by atoms with Crippen LogP contribution in [0, 0.1) is 5.82 Å². The van der Waals surface area contributed by atoms with Crippen molar-refractivity contribution in [2.24, 2.45) is 0 Å². The van der Waals surface area contributed by atoms with Crippen molar-refractivity contribution < 1.29 is 14.3 Å². The van der Waals surface area contributed by atoms with Crippen LogP contribution in [0.25, 0.3) is 0 Å². The van der Waals surface area contributed by atoms with Gasteiger partial charge in [0.1, 0.15) is 5.82 Å². The molecule has 1 saturated heterocycles. The minimum Gasteiger partial charge on any atom is -0.391 e. The number of amides is 1. The number of carbonyl (C=O) groups excluding carboxylic acids is 1. The third-order valence-electron chi connectivity index (χ3n) is 2.91. The molecule has 1 heterocycles. The molecule has 0 spiro atoms. The maximum absolute atomic E-state index is 13.5. The molecule has 1 N–H and O–H groups in total. The molecular weight excluding hydrogens is 245 g/mol. The summed E-state index contributed by atoms with van der Waals surface area (Å²) >= 11 is 5.85. The lowest BCUT2D eigenvalue weighted by Crippen LogP contribution is -2.31. The number of nitrogens with zero attached hydrogens (tertiary/aromatic N) is 1. The van der Waals surface area contributed by atoms with Crippen molar-refractivity contribution in [2.45, 2.75) is 18.9 Å². The lowest BCUT2D eigenvalue weighted by Gasteiger charge is -2.16. The summed E-state index contributed by atoms with van der Waals surface area (Å²) in [6.07, 6.45) is 0.0599. The van der Waals surface area contributed by atoms with E-state index in [-0.39, 0.29) is 22.9 Å². The summed E-state index contributed by atoms with van der Waals surface area (Å²) in [5, 5.41) is 9.59. The molecule has 0 aliphatic carbocycles. The maximum Gasteiger partial charge on any atom is 0.227 e. The van der Waals surface area contributed by atoms with Crippen molar-refractivity contribution in [3.8, 4) is 0 Å². The number of hydrogen-bond acceptors (Lipinski definition) is 2. The molecule has 17 heavy (non-hydrogen) atoms. The molecule has 1 aliphatic heterocycles. The average molecular weight is 258 g/mol. The Morgan fingerprint density at radius 1 is 1.59 bits per heavy atom. The van der Waals surface area contributed by atoms with Gasteiger partial charge in [-0.15, -0.1) is 0 Å². The van der Waals surface area contributed by atoms with Crippen LogP contribution >= 0.6 is 11.6 Å². The molecule has 0 radical (unpaired) electrons. The quantitative estimate of drug-likeness (QED) is 0.875. The van der Waals surface area contributed by atoms with E-state index in [1.54, 1.807) is 6.07 Å². The van der Waals surface area contributed by atoms with E-state index in [2.05, 4.69) is 0 Å². The molecule has 1 atom stereocenters. The molecule has 1 aliphatic rings. The maximum atomic E-state index is 13.5. The first-order chi connectivity index (χ1) is 8.08. The fraction of sp³-hybridized carbons (Fsp3) is 0.417. The summed E-state index contributed by atoms with van der Waals surface area (Å²) < 4.78 is 13.5. The van der Waals surface area contributed by atoms with Crippen LogP contribution < -0.4 is 0 Å². The second-order valence-corrected chi connectivity index (χ2v) is 4.57. The van der Waals surface area contributed by atoms with Gasteiger partial charge in [0.15, 0.2) is 0 Å². The number of β-amino-alcohol motifs (C(OH)–C–C–N with tert-alkyl or cyclic N) is 1. The summed E-state index contributed by atoms with van der Waals surface area (Å²) in [6, 6.07) is 4.35. The molecule has 1 aromatic rings. The highest BCUT2D eigenvalue weighted by atomic mass is 35.5. The zero-order valence-electron chi connectivity index (χ0n) is 9.20. The van der Waals surface area contributed by atoms with Crippen molar-refractivity contribution in [3.63, 3.8) is 0 Å². The molecule has 1 fully saturated rings. The smallest absolute Gasteiger partial charge is 0.227 e. The summed E-state index contributed by atoms with van der Waals surface area (Å²) in [5.41, 5.74) is 0.223. The van der Waals surface area contributed by atoms with Gasteiger partial charge in [0.25, 0.3) is 0 Å². The number of carbonyl (C=O) groups is 1. The van der Waals surface area contributed by atoms with Crippen LogP contribution in [-0.4, -0.2) is 35.1 Å². The average Bonchev–Trinajstić information content (AvgIpc) is 2.70. The first-order valence-electron chi connectivity index (χ1n) is 5.46. The van der Waals surface area contributed by atoms with Gasteiger partial charge in [-0.2, -0.15) is 0 Å². The second-order valence-electron chi connectivity index (χ2n) is 4.16. The van der Waals surface area contributed by atoms with Crippen LogP contribution in [-0.2, 0) is 11.2 Å². The third-order valence-corrected chi connectivity index (χ3v) is 3.26. The number of rotatable bonds is 2. The lowest BCUT2D eigenvalue weighted by molar-refractivity contribution is -0.129. The monoisotopic (exact) mass is 257 g/mol. The first-order valence-corrected chi connectivity index (χ1v) is 5.84. The van der Waals surface area contributed by atoms with Crippen molar-refractivity contribution >= 4 is 17.5 Å². The van der Waals surface area contributed by atoms with Crippen LogP contribution in [0.15, 0.2) is 18.2 Å². The zero-order chi connectivity index (χ0) is 12.4. The predicted octanol–water partition coefficient (Wildman–Crippen LogP) is 1.61. The highest BCUT2D eigenvalue weighted by molar-refractivity contribution is 6.31. The number of likely N-dealkylation sites (tertiary alicyclic amines) is 1. The molecule has 0 aromatic heterocycles. The number of aliphatic hydroxyl groups is 1. The van der Waals surface area contributed by atoms with Crippen molar-refractivity contribution in [2.75, 3.05) is 13.1 Å². The number of halogens is 2. The van der Waals surface area contributed by atoms with Gasteiger partial charge in [0.2, 0.25) is 5.91 Å². The van der Waals surface area contributed by atoms with Gasteiger partial charge in [0.05, 0.1) is 12.5 Å². The molecule has 0 bridgehead atoms. The number of hydrogen-bond donors (Lipinski definition) is 1. The van der Waals surface area contributed by atoms with Gasteiger partial charge < -0.3 is 10.0 Å². The third kappa shape index (κ3) is 2.76. The van der Waals surface area contributed by atoms with Crippen molar-refractivity contribution in [1.82, 2.24) is 4.90 Å². The summed E-state index contributed by atoms with van der Waals surface area (Å²) in [4.78, 5) is 13.4. The number of aliphatic hydroxyl groups excluding tert-OH is 1. The van der Waals surface area contributed by atoms with E-state index in [1.807, 2.05) is 0 Å². The molecule has 3 nitrogen and oxygen atoms in total. The van der Waals surface area contributed by atoms with Gasteiger partial charge in [0, 0.05) is 23.7 Å². The van der Waals surface area contributed by atoms with Crippen LogP contribution in [0.2, 0.25) is 5.02 Å². The summed E-state index contributed by atoms with van der Waals surface area (Å²) in [5.74, 6) is -0.667. The Bertz CT molecular complexity index is 418. The molecule has 0 saturated carbocycles. The SMILES string of the molecule is O=C(Cc1c(F)cccc1Cl)N1CC[C@H](O)C1. The van der Waals surface area contributed by atoms with E-state index in [0.717, 1.165) is 0 Å². The Morgan fingerprint density at radius 3 is 2.94 bits per heavy atom. The fourth-order valence-corrected chi connectivity index (χ4v) is 2.16. The minimum absolute atomic E-state index is 0.0573. The zero-order valence-corrected chi connectivity index (χ0v) is 9.95. The summed E-state index contributed by atoms with van der Waals surface area (Å²) in [6.45, 7) is 0.844. The Kier molecular flexibility index (Phi) is 3.64. The van der Waals surface area contributed by atoms with E-state index < -0.39 is 11.9 Å². The van der Waals surface area contributed by atoms with Crippen molar-refractivity contribution in [3.05, 3.63) is 34.6 Å². The standard InChI is InChI=1S/C12H13ClFNO2/c13-10-2-1-3-11(14)9(10)6-12(17)15-5-4-8(16)7-15/h1-3,8,16H,4-7H2/t8-/m0/s1. The molecule has 1 aromatic carbocycles. The van der Waals surface area contributed by atoms with Crippen LogP contribution in [0.5, 0.6) is 0 Å². The molecule has 1 amide bonds. The van der Waals surface area contributed by atoms with Crippen LogP contribution in [0.3, 0.4) is 0 Å². The van der Waals surface area contributed by atoms with Crippen LogP contribution in [0.4, 0.5) is 4.39 Å². The van der Waals surface area contributed by atoms with Gasteiger partial charge in [-0.3, -0.25) is 4.79 Å². The topological polar surface area (TPSA) is 40.5 Å². The molecule has 5 heteroatoms. The predicted molar refractivity (Wildman–Crippen MR) is 62.3 cm³/mol. The Morgan fingerprint density at radius 2 is 2.35 bits per heavy atom. The normalized spacial score (nSPS) is 19.7. The largest absolute Gasteiger partial charge is 0.391 e. The Balaban J connectivity index is 2.08. The Labute approximate surface area is 104 Å². The molecule has 92 valence electrons. The van der Waals surface area contributed by atoms with E-state index in [0.29, 0.717) is 19.5 Å². The van der Waals surface area contributed by atoms with Gasteiger partial charge >= 0.3 is 0 Å². The highest BCUT2D eigenvalue weighted by Gasteiger charge is 2.25. The minimum atomic E-state index is -0.467. The van der Waals surface area contributed by atoms with E-state index in [4.69, 9.17) is 11.6 Å². The molecule has 2 rings (SSSR count). The molecular formula is C12H13ClFNO2. The van der Waals surface area contributed by atoms with Gasteiger partial charge in [-0.05, 0) is 18.6 Å². The number of benzene rings is 1. The van der Waals surface area contributed by atoms with E-state index >= 15 is 0 Å². The summed E-state index contributed by atoms with van der Waals surface area (Å²) in [7, 11) is 0. The van der Waals surface area contributed by atoms with Gasteiger partial charge in [-0.25, -0.2) is 4.39 Å². The highest BCUT2D eigenvalue weighted by Crippen LogP contribution is 2.21. The van der Waals surface area contributed by atoms with Crippen LogP contribution in [0.1, 0.15) is 12.0 Å². The molecule has 0 unspecified atom stereocenters. The first kappa shape index (κ1) is 12.3. The van der Waals surface area contributed by atoms with E-state index in [1.165, 1.54) is 17.0 Å². The van der Waals surface area contributed by atoms with Gasteiger partial charge in [-0.1, -0.05) is 17.7 Å². The van der Waals surface area contributed by atoms with E-state index in [9.17, 15) is 14.3 Å².